The van der Waals surface area contributed by atoms with Crippen LogP contribution in [0, 0.1) is 17.1 Å². The minimum Gasteiger partial charge on any atom is -0.341 e. The fourth-order valence-electron chi connectivity index (χ4n) is 1.86. The molecule has 0 amide bonds. The van der Waals surface area contributed by atoms with Gasteiger partial charge in [0.2, 0.25) is 0 Å². The van der Waals surface area contributed by atoms with Crippen LogP contribution in [0.4, 0.5) is 4.39 Å². The molecular weight excluding hydrogens is 231 g/mol. The third-order valence-corrected chi connectivity index (χ3v) is 2.72. The summed E-state index contributed by atoms with van der Waals surface area (Å²) >= 11 is 0. The molecule has 1 aromatic carbocycles. The van der Waals surface area contributed by atoms with Crippen LogP contribution < -0.4 is 0 Å². The number of ketones is 1. The van der Waals surface area contributed by atoms with Gasteiger partial charge in [0.15, 0.2) is 5.78 Å². The maximum absolute atomic E-state index is 13.2. The quantitative estimate of drug-likeness (QED) is 0.777. The summed E-state index contributed by atoms with van der Waals surface area (Å²) in [4.78, 5) is 11.4. The summed E-state index contributed by atoms with van der Waals surface area (Å²) in [5.41, 5.74) is 1.53. The Balaban J connectivity index is 2.40. The van der Waals surface area contributed by atoms with E-state index in [9.17, 15) is 9.18 Å². The highest BCUT2D eigenvalue weighted by atomic mass is 19.1. The Morgan fingerprint density at radius 2 is 2.22 bits per heavy atom. The third kappa shape index (κ3) is 2.30. The van der Waals surface area contributed by atoms with E-state index in [2.05, 4.69) is 0 Å². The molecule has 18 heavy (non-hydrogen) atoms. The summed E-state index contributed by atoms with van der Waals surface area (Å²) in [5.74, 6) is -0.449. The molecule has 0 aliphatic carbocycles. The standard InChI is InChI=1S/C14H11FN2O/c1-10(18)14-3-2-6-17(14)9-12-7-13(15)5-4-11(12)8-16/h2-7H,9H2,1H3. The van der Waals surface area contributed by atoms with Crippen molar-refractivity contribution in [3.63, 3.8) is 0 Å². The maximum Gasteiger partial charge on any atom is 0.176 e. The minimum absolute atomic E-state index is 0.0603. The fourth-order valence-corrected chi connectivity index (χ4v) is 1.86. The van der Waals surface area contributed by atoms with Crippen molar-refractivity contribution in [2.45, 2.75) is 13.5 Å². The van der Waals surface area contributed by atoms with Crippen molar-refractivity contribution in [1.82, 2.24) is 4.57 Å². The van der Waals surface area contributed by atoms with Crippen molar-refractivity contribution >= 4 is 5.78 Å². The Kier molecular flexibility index (Phi) is 3.24. The van der Waals surface area contributed by atoms with E-state index < -0.39 is 0 Å². The minimum atomic E-state index is -0.388. The van der Waals surface area contributed by atoms with Gasteiger partial charge in [-0.3, -0.25) is 4.79 Å². The van der Waals surface area contributed by atoms with Crippen molar-refractivity contribution in [2.75, 3.05) is 0 Å². The Bertz CT molecular complexity index is 637. The third-order valence-electron chi connectivity index (χ3n) is 2.72. The molecule has 1 aromatic heterocycles. The molecule has 0 spiro atoms. The predicted molar refractivity (Wildman–Crippen MR) is 64.7 cm³/mol. The van der Waals surface area contributed by atoms with Crippen LogP contribution in [0.2, 0.25) is 0 Å². The second-order valence-corrected chi connectivity index (χ2v) is 3.99. The highest BCUT2D eigenvalue weighted by Crippen LogP contribution is 2.14. The normalized spacial score (nSPS) is 10.1. The summed E-state index contributed by atoms with van der Waals surface area (Å²) < 4.78 is 14.9. The van der Waals surface area contributed by atoms with Crippen molar-refractivity contribution in [2.24, 2.45) is 0 Å². The van der Waals surface area contributed by atoms with E-state index in [1.165, 1.54) is 25.1 Å². The topological polar surface area (TPSA) is 45.8 Å². The zero-order valence-corrected chi connectivity index (χ0v) is 9.85. The van der Waals surface area contributed by atoms with Crippen LogP contribution in [0.3, 0.4) is 0 Å². The molecule has 90 valence electrons. The molecule has 1 heterocycles. The lowest BCUT2D eigenvalue weighted by atomic mass is 10.1. The van der Waals surface area contributed by atoms with Gasteiger partial charge >= 0.3 is 0 Å². The highest BCUT2D eigenvalue weighted by molar-refractivity contribution is 5.92. The molecule has 0 aliphatic heterocycles. The summed E-state index contributed by atoms with van der Waals surface area (Å²) in [5, 5.41) is 8.97. The number of carbonyl (C=O) groups excluding carboxylic acids is 1. The number of nitriles is 1. The van der Waals surface area contributed by atoms with E-state index in [4.69, 9.17) is 5.26 Å². The van der Waals surface area contributed by atoms with Crippen LogP contribution in [-0.4, -0.2) is 10.4 Å². The highest BCUT2D eigenvalue weighted by Gasteiger charge is 2.09. The van der Waals surface area contributed by atoms with E-state index in [0.29, 0.717) is 23.4 Å². The van der Waals surface area contributed by atoms with E-state index in [1.54, 1.807) is 22.9 Å². The number of rotatable bonds is 3. The first kappa shape index (κ1) is 12.1. The van der Waals surface area contributed by atoms with Gasteiger partial charge in [0, 0.05) is 19.7 Å². The van der Waals surface area contributed by atoms with Gasteiger partial charge in [-0.1, -0.05) is 0 Å². The maximum atomic E-state index is 13.2. The molecule has 3 nitrogen and oxygen atoms in total. The predicted octanol–water partition coefficient (Wildman–Crippen LogP) is 2.75. The van der Waals surface area contributed by atoms with Crippen LogP contribution in [-0.2, 0) is 6.54 Å². The van der Waals surface area contributed by atoms with Gasteiger partial charge in [-0.2, -0.15) is 5.26 Å². The second kappa shape index (κ2) is 4.84. The van der Waals surface area contributed by atoms with Gasteiger partial charge in [-0.25, -0.2) is 4.39 Å². The molecule has 0 bridgehead atoms. The Labute approximate surface area is 104 Å². The van der Waals surface area contributed by atoms with E-state index >= 15 is 0 Å². The molecule has 0 unspecified atom stereocenters. The number of benzene rings is 1. The van der Waals surface area contributed by atoms with Crippen LogP contribution in [0.25, 0.3) is 0 Å². The van der Waals surface area contributed by atoms with Gasteiger partial charge in [0.05, 0.1) is 17.3 Å². The first-order valence-corrected chi connectivity index (χ1v) is 5.46. The van der Waals surface area contributed by atoms with Crippen molar-refractivity contribution in [3.8, 4) is 6.07 Å². The summed E-state index contributed by atoms with van der Waals surface area (Å²) in [6.07, 6.45) is 1.74. The lowest BCUT2D eigenvalue weighted by molar-refractivity contribution is 0.100. The fraction of sp³-hybridized carbons (Fsp3) is 0.143. The second-order valence-electron chi connectivity index (χ2n) is 3.99. The number of hydrogen-bond acceptors (Lipinski definition) is 2. The van der Waals surface area contributed by atoms with E-state index in [1.807, 2.05) is 6.07 Å². The molecule has 2 aromatic rings. The van der Waals surface area contributed by atoms with E-state index in [-0.39, 0.29) is 11.6 Å². The molecular formula is C14H11FN2O. The van der Waals surface area contributed by atoms with Gasteiger partial charge in [0.1, 0.15) is 5.82 Å². The first-order valence-electron chi connectivity index (χ1n) is 5.46. The van der Waals surface area contributed by atoms with Crippen LogP contribution in [0.1, 0.15) is 28.5 Å². The average Bonchev–Trinajstić information content (AvgIpc) is 2.77. The lowest BCUT2D eigenvalue weighted by Crippen LogP contribution is -2.08. The summed E-state index contributed by atoms with van der Waals surface area (Å²) in [7, 11) is 0. The Morgan fingerprint density at radius 3 is 2.89 bits per heavy atom. The zero-order chi connectivity index (χ0) is 13.1. The van der Waals surface area contributed by atoms with E-state index in [0.717, 1.165) is 0 Å². The smallest absolute Gasteiger partial charge is 0.176 e. The molecule has 0 aliphatic rings. The van der Waals surface area contributed by atoms with Gasteiger partial charge in [-0.15, -0.1) is 0 Å². The number of halogens is 1. The van der Waals surface area contributed by atoms with Crippen LogP contribution in [0.5, 0.6) is 0 Å². The number of Topliss-reactive ketones (excluding diaryl/α,β-unsaturated/α-hetero) is 1. The average molecular weight is 242 g/mol. The zero-order valence-electron chi connectivity index (χ0n) is 9.85. The van der Waals surface area contributed by atoms with Crippen LogP contribution in [0.15, 0.2) is 36.5 Å². The molecule has 4 heteroatoms. The SMILES string of the molecule is CC(=O)c1cccn1Cc1cc(F)ccc1C#N. The number of hydrogen-bond donors (Lipinski definition) is 0. The van der Waals surface area contributed by atoms with Gasteiger partial charge in [-0.05, 0) is 35.9 Å². The van der Waals surface area contributed by atoms with Crippen molar-refractivity contribution in [3.05, 3.63) is 59.2 Å². The summed E-state index contributed by atoms with van der Waals surface area (Å²) in [6, 6.07) is 9.49. The monoisotopic (exact) mass is 242 g/mol. The van der Waals surface area contributed by atoms with Gasteiger partial charge in [0.25, 0.3) is 0 Å². The Morgan fingerprint density at radius 1 is 1.44 bits per heavy atom. The van der Waals surface area contributed by atoms with Gasteiger partial charge < -0.3 is 4.57 Å². The first-order chi connectivity index (χ1) is 8.61. The number of aromatic nitrogens is 1. The molecule has 0 saturated heterocycles. The molecule has 0 atom stereocenters. The lowest BCUT2D eigenvalue weighted by Gasteiger charge is -2.08. The van der Waals surface area contributed by atoms with Crippen LogP contribution >= 0.6 is 0 Å². The summed E-state index contributed by atoms with van der Waals surface area (Å²) in [6.45, 7) is 1.78. The molecule has 0 N–H and O–H groups in total. The van der Waals surface area contributed by atoms with Crippen molar-refractivity contribution < 1.29 is 9.18 Å². The molecule has 0 fully saturated rings. The molecule has 0 radical (unpaired) electrons. The molecule has 2 rings (SSSR count). The molecule has 0 saturated carbocycles. The Hall–Kier alpha value is -2.41. The number of nitrogens with zero attached hydrogens (tertiary/aromatic N) is 2. The van der Waals surface area contributed by atoms with Crippen molar-refractivity contribution in [1.29, 1.82) is 5.26 Å². The largest absolute Gasteiger partial charge is 0.341 e. The number of carbonyl (C=O) groups is 1.